The maximum absolute atomic E-state index is 14.3. The first kappa shape index (κ1) is 18.3. The Labute approximate surface area is 155 Å². The van der Waals surface area contributed by atoms with Crippen LogP contribution in [0.1, 0.15) is 6.92 Å². The molecule has 0 aliphatic rings. The van der Waals surface area contributed by atoms with Crippen molar-refractivity contribution >= 4 is 40.2 Å². The van der Waals surface area contributed by atoms with Crippen LogP contribution in [0, 0.1) is 11.6 Å². The molecule has 0 fully saturated rings. The lowest BCUT2D eigenvalue weighted by Crippen LogP contribution is -2.27. The van der Waals surface area contributed by atoms with E-state index in [1.54, 1.807) is 12.1 Å². The fourth-order valence-electron chi connectivity index (χ4n) is 2.31. The third-order valence-electron chi connectivity index (χ3n) is 3.63. The number of hydrogen-bond acceptors (Lipinski definition) is 4. The van der Waals surface area contributed by atoms with E-state index in [1.165, 1.54) is 13.0 Å². The first-order valence-electron chi connectivity index (χ1n) is 7.41. The number of halogens is 3. The smallest absolute Gasteiger partial charge is 0.266 e. The van der Waals surface area contributed by atoms with Gasteiger partial charge in [-0.1, -0.05) is 23.4 Å². The molecule has 0 spiro atoms. The molecule has 0 saturated carbocycles. The van der Waals surface area contributed by atoms with Gasteiger partial charge in [0.1, 0.15) is 11.6 Å². The van der Waals surface area contributed by atoms with E-state index in [9.17, 15) is 18.4 Å². The van der Waals surface area contributed by atoms with E-state index in [0.29, 0.717) is 16.6 Å². The molecule has 0 aliphatic heterocycles. The summed E-state index contributed by atoms with van der Waals surface area (Å²) in [5, 5.41) is -0.186. The first-order valence-corrected chi connectivity index (χ1v) is 8.67. The van der Waals surface area contributed by atoms with Crippen LogP contribution in [0.2, 0.25) is 5.02 Å². The second-order valence-corrected chi connectivity index (χ2v) is 7.20. The molecule has 26 heavy (non-hydrogen) atoms. The molecule has 2 N–H and O–H groups in total. The highest BCUT2D eigenvalue weighted by Gasteiger charge is 2.20. The van der Waals surface area contributed by atoms with Crippen molar-refractivity contribution in [2.24, 2.45) is 5.73 Å². The van der Waals surface area contributed by atoms with Gasteiger partial charge in [0.15, 0.2) is 5.16 Å². The van der Waals surface area contributed by atoms with E-state index in [2.05, 4.69) is 4.98 Å². The van der Waals surface area contributed by atoms with Gasteiger partial charge in [0, 0.05) is 11.1 Å². The third-order valence-corrected chi connectivity index (χ3v) is 4.94. The summed E-state index contributed by atoms with van der Waals surface area (Å²) in [6.07, 6.45) is 0. The Kier molecular flexibility index (Phi) is 4.97. The van der Waals surface area contributed by atoms with E-state index < -0.39 is 28.4 Å². The standard InChI is InChI=1S/C17H12ClF2N3O2S/c1-8(15(21)24)26-17-22-13-4-2-9(18)6-11(13)16(25)23(17)14-5-3-10(19)7-12(14)20/h2-8H,1H3,(H2,21,24)/t8-/m0/s1. The Bertz CT molecular complexity index is 1090. The molecule has 5 nitrogen and oxygen atoms in total. The number of nitrogens with zero attached hydrogens (tertiary/aromatic N) is 2. The summed E-state index contributed by atoms with van der Waals surface area (Å²) >= 11 is 6.84. The van der Waals surface area contributed by atoms with Gasteiger partial charge in [0.2, 0.25) is 5.91 Å². The predicted octanol–water partition coefficient (Wildman–Crippen LogP) is 3.28. The number of carbonyl (C=O) groups excluding carboxylic acids is 1. The second kappa shape index (κ2) is 7.05. The maximum atomic E-state index is 14.3. The largest absolute Gasteiger partial charge is 0.369 e. The zero-order chi connectivity index (χ0) is 19.0. The molecule has 1 aromatic heterocycles. The molecule has 1 amide bonds. The average Bonchev–Trinajstić information content (AvgIpc) is 2.57. The van der Waals surface area contributed by atoms with Gasteiger partial charge in [0.25, 0.3) is 5.56 Å². The van der Waals surface area contributed by atoms with Crippen LogP contribution in [-0.2, 0) is 4.79 Å². The summed E-state index contributed by atoms with van der Waals surface area (Å²) in [6, 6.07) is 7.34. The first-order chi connectivity index (χ1) is 12.3. The SMILES string of the molecule is C[C@H](Sc1nc2ccc(Cl)cc2c(=O)n1-c1ccc(F)cc1F)C(N)=O. The number of fused-ring (bicyclic) bond motifs is 1. The Balaban J connectivity index is 2.34. The molecule has 0 bridgehead atoms. The molecular weight excluding hydrogens is 384 g/mol. The Morgan fingerprint density at radius 1 is 1.27 bits per heavy atom. The van der Waals surface area contributed by atoms with Crippen molar-refractivity contribution in [3.05, 3.63) is 63.4 Å². The van der Waals surface area contributed by atoms with Gasteiger partial charge in [-0.15, -0.1) is 0 Å². The van der Waals surface area contributed by atoms with Crippen molar-refractivity contribution < 1.29 is 13.6 Å². The van der Waals surface area contributed by atoms with Crippen molar-refractivity contribution in [2.75, 3.05) is 0 Å². The molecular formula is C17H12ClF2N3O2S. The van der Waals surface area contributed by atoms with Gasteiger partial charge in [-0.25, -0.2) is 13.8 Å². The molecule has 0 radical (unpaired) electrons. The van der Waals surface area contributed by atoms with Crippen molar-refractivity contribution in [3.63, 3.8) is 0 Å². The normalized spacial score (nSPS) is 12.3. The summed E-state index contributed by atoms with van der Waals surface area (Å²) < 4.78 is 28.6. The Morgan fingerprint density at radius 3 is 2.65 bits per heavy atom. The maximum Gasteiger partial charge on any atom is 0.266 e. The van der Waals surface area contributed by atoms with Gasteiger partial charge in [-0.2, -0.15) is 0 Å². The van der Waals surface area contributed by atoms with Crippen LogP contribution in [0.3, 0.4) is 0 Å². The molecule has 0 saturated heterocycles. The predicted molar refractivity (Wildman–Crippen MR) is 96.8 cm³/mol. The minimum Gasteiger partial charge on any atom is -0.369 e. The number of nitrogens with two attached hydrogens (primary N) is 1. The summed E-state index contributed by atoms with van der Waals surface area (Å²) in [4.78, 5) is 28.7. The van der Waals surface area contributed by atoms with Crippen molar-refractivity contribution in [2.45, 2.75) is 17.3 Å². The summed E-state index contributed by atoms with van der Waals surface area (Å²) in [5.74, 6) is -2.34. The van der Waals surface area contributed by atoms with E-state index >= 15 is 0 Å². The molecule has 2 aromatic carbocycles. The van der Waals surface area contributed by atoms with Crippen LogP contribution in [0.25, 0.3) is 16.6 Å². The summed E-state index contributed by atoms with van der Waals surface area (Å²) in [7, 11) is 0. The third kappa shape index (κ3) is 3.42. The number of carbonyl (C=O) groups is 1. The highest BCUT2D eigenvalue weighted by molar-refractivity contribution is 8.00. The van der Waals surface area contributed by atoms with Crippen LogP contribution in [-0.4, -0.2) is 20.7 Å². The van der Waals surface area contributed by atoms with Crippen LogP contribution >= 0.6 is 23.4 Å². The van der Waals surface area contributed by atoms with Crippen LogP contribution in [0.5, 0.6) is 0 Å². The Hall–Kier alpha value is -2.45. The second-order valence-electron chi connectivity index (χ2n) is 5.45. The Morgan fingerprint density at radius 2 is 2.00 bits per heavy atom. The van der Waals surface area contributed by atoms with E-state index in [1.807, 2.05) is 0 Å². The zero-order valence-electron chi connectivity index (χ0n) is 13.4. The monoisotopic (exact) mass is 395 g/mol. The van der Waals surface area contributed by atoms with E-state index in [0.717, 1.165) is 28.5 Å². The number of hydrogen-bond donors (Lipinski definition) is 1. The number of benzene rings is 2. The van der Waals surface area contributed by atoms with E-state index in [4.69, 9.17) is 17.3 Å². The molecule has 1 heterocycles. The van der Waals surface area contributed by atoms with Crippen molar-refractivity contribution in [1.82, 2.24) is 9.55 Å². The lowest BCUT2D eigenvalue weighted by Gasteiger charge is -2.15. The molecule has 0 aliphatic carbocycles. The topological polar surface area (TPSA) is 78.0 Å². The minimum atomic E-state index is -0.941. The van der Waals surface area contributed by atoms with Gasteiger partial charge >= 0.3 is 0 Å². The zero-order valence-corrected chi connectivity index (χ0v) is 14.9. The van der Waals surface area contributed by atoms with Crippen molar-refractivity contribution in [1.29, 1.82) is 0 Å². The van der Waals surface area contributed by atoms with Gasteiger partial charge in [0.05, 0.1) is 21.8 Å². The molecule has 1 atom stereocenters. The van der Waals surface area contributed by atoms with E-state index in [-0.39, 0.29) is 16.2 Å². The van der Waals surface area contributed by atoms with Crippen molar-refractivity contribution in [3.8, 4) is 5.69 Å². The van der Waals surface area contributed by atoms with Gasteiger partial charge < -0.3 is 5.73 Å². The lowest BCUT2D eigenvalue weighted by atomic mass is 10.2. The minimum absolute atomic E-state index is 0.0571. The number of rotatable bonds is 4. The molecule has 0 unspecified atom stereocenters. The van der Waals surface area contributed by atoms with Crippen LogP contribution in [0.4, 0.5) is 8.78 Å². The highest BCUT2D eigenvalue weighted by Crippen LogP contribution is 2.27. The quantitative estimate of drug-likeness (QED) is 0.543. The van der Waals surface area contributed by atoms with Gasteiger partial charge in [-0.05, 0) is 37.3 Å². The fraction of sp³-hybridized carbons (Fsp3) is 0.118. The molecule has 134 valence electrons. The number of amides is 1. The number of aromatic nitrogens is 2. The molecule has 3 rings (SSSR count). The number of thioether (sulfide) groups is 1. The molecule has 3 aromatic rings. The fourth-order valence-corrected chi connectivity index (χ4v) is 3.35. The summed E-state index contributed by atoms with van der Waals surface area (Å²) in [5.41, 5.74) is 4.82. The lowest BCUT2D eigenvalue weighted by molar-refractivity contribution is -0.117. The van der Waals surface area contributed by atoms with Crippen LogP contribution < -0.4 is 11.3 Å². The number of primary amides is 1. The molecule has 9 heteroatoms. The highest BCUT2D eigenvalue weighted by atomic mass is 35.5. The average molecular weight is 396 g/mol. The summed E-state index contributed by atoms with van der Waals surface area (Å²) in [6.45, 7) is 1.54. The van der Waals surface area contributed by atoms with Crippen LogP contribution in [0.15, 0.2) is 46.3 Å². The van der Waals surface area contributed by atoms with Gasteiger partial charge in [-0.3, -0.25) is 14.2 Å².